The van der Waals surface area contributed by atoms with E-state index in [2.05, 4.69) is 4.98 Å². The SMILES string of the molecule is COC(C(=O)Cc1cncs1)C(C)C. The zero-order chi connectivity index (χ0) is 10.6. The predicted octanol–water partition coefficient (Wildman–Crippen LogP) is 1.93. The monoisotopic (exact) mass is 213 g/mol. The van der Waals surface area contributed by atoms with Gasteiger partial charge in [0.25, 0.3) is 0 Å². The van der Waals surface area contributed by atoms with Crippen molar-refractivity contribution in [1.82, 2.24) is 4.98 Å². The van der Waals surface area contributed by atoms with E-state index in [0.29, 0.717) is 6.42 Å². The van der Waals surface area contributed by atoms with Crippen molar-refractivity contribution in [3.63, 3.8) is 0 Å². The summed E-state index contributed by atoms with van der Waals surface area (Å²) in [5.74, 6) is 0.354. The van der Waals surface area contributed by atoms with Crippen LogP contribution in [0.15, 0.2) is 11.7 Å². The molecule has 78 valence electrons. The van der Waals surface area contributed by atoms with Crippen LogP contribution < -0.4 is 0 Å². The summed E-state index contributed by atoms with van der Waals surface area (Å²) < 4.78 is 5.16. The Bertz CT molecular complexity index is 282. The molecular weight excluding hydrogens is 198 g/mol. The molecule has 1 aromatic heterocycles. The fraction of sp³-hybridized carbons (Fsp3) is 0.600. The molecule has 1 atom stereocenters. The van der Waals surface area contributed by atoms with Crippen molar-refractivity contribution in [1.29, 1.82) is 0 Å². The number of Topliss-reactive ketones (excluding diaryl/α,β-unsaturated/α-hetero) is 1. The minimum atomic E-state index is -0.294. The van der Waals surface area contributed by atoms with Crippen molar-refractivity contribution in [2.45, 2.75) is 26.4 Å². The Kier molecular flexibility index (Phi) is 4.22. The quantitative estimate of drug-likeness (QED) is 0.750. The lowest BCUT2D eigenvalue weighted by molar-refractivity contribution is -0.130. The lowest BCUT2D eigenvalue weighted by atomic mass is 10.0. The Morgan fingerprint density at radius 2 is 2.36 bits per heavy atom. The minimum absolute atomic E-state index is 0.131. The lowest BCUT2D eigenvalue weighted by Crippen LogP contribution is -2.29. The van der Waals surface area contributed by atoms with E-state index in [0.717, 1.165) is 4.88 Å². The second-order valence-electron chi connectivity index (χ2n) is 3.51. The summed E-state index contributed by atoms with van der Waals surface area (Å²) >= 11 is 1.50. The van der Waals surface area contributed by atoms with E-state index >= 15 is 0 Å². The summed E-state index contributed by atoms with van der Waals surface area (Å²) in [6, 6.07) is 0. The van der Waals surface area contributed by atoms with Crippen molar-refractivity contribution in [2.24, 2.45) is 5.92 Å². The van der Waals surface area contributed by atoms with Crippen LogP contribution in [0.1, 0.15) is 18.7 Å². The summed E-state index contributed by atoms with van der Waals surface area (Å²) in [4.78, 5) is 16.7. The number of carbonyl (C=O) groups is 1. The zero-order valence-corrected chi connectivity index (χ0v) is 9.50. The van der Waals surface area contributed by atoms with Crippen LogP contribution in [-0.4, -0.2) is 24.0 Å². The highest BCUT2D eigenvalue weighted by molar-refractivity contribution is 7.09. The molecule has 0 aromatic carbocycles. The van der Waals surface area contributed by atoms with Crippen molar-refractivity contribution in [3.05, 3.63) is 16.6 Å². The largest absolute Gasteiger partial charge is 0.373 e. The van der Waals surface area contributed by atoms with Gasteiger partial charge in [-0.25, -0.2) is 0 Å². The molecule has 0 fully saturated rings. The van der Waals surface area contributed by atoms with Gasteiger partial charge in [0.05, 0.1) is 5.51 Å². The predicted molar refractivity (Wildman–Crippen MR) is 56.5 cm³/mol. The van der Waals surface area contributed by atoms with Crippen LogP contribution in [0.3, 0.4) is 0 Å². The van der Waals surface area contributed by atoms with Gasteiger partial charge in [-0.15, -0.1) is 11.3 Å². The Hall–Kier alpha value is -0.740. The molecule has 0 amide bonds. The van der Waals surface area contributed by atoms with E-state index in [1.54, 1.807) is 18.8 Å². The van der Waals surface area contributed by atoms with Crippen LogP contribution in [0.4, 0.5) is 0 Å². The molecular formula is C10H15NO2S. The number of carbonyl (C=O) groups excluding carboxylic acids is 1. The number of ketones is 1. The van der Waals surface area contributed by atoms with Gasteiger partial charge in [0.1, 0.15) is 6.10 Å². The number of nitrogens with zero attached hydrogens (tertiary/aromatic N) is 1. The first-order chi connectivity index (χ1) is 6.65. The summed E-state index contributed by atoms with van der Waals surface area (Å²) in [7, 11) is 1.58. The van der Waals surface area contributed by atoms with Crippen LogP contribution in [0.25, 0.3) is 0 Å². The van der Waals surface area contributed by atoms with Gasteiger partial charge < -0.3 is 4.74 Å². The Morgan fingerprint density at radius 3 is 2.79 bits per heavy atom. The lowest BCUT2D eigenvalue weighted by Gasteiger charge is -2.16. The summed E-state index contributed by atoms with van der Waals surface area (Å²) in [6.45, 7) is 3.97. The molecule has 0 N–H and O–H groups in total. The van der Waals surface area contributed by atoms with Gasteiger partial charge in [-0.2, -0.15) is 0 Å². The second-order valence-corrected chi connectivity index (χ2v) is 4.48. The average molecular weight is 213 g/mol. The highest BCUT2D eigenvalue weighted by atomic mass is 32.1. The van der Waals surface area contributed by atoms with E-state index in [9.17, 15) is 4.79 Å². The first-order valence-electron chi connectivity index (χ1n) is 4.58. The molecule has 1 rings (SSSR count). The fourth-order valence-corrected chi connectivity index (χ4v) is 1.98. The van der Waals surface area contributed by atoms with Gasteiger partial charge in [0.15, 0.2) is 5.78 Å². The van der Waals surface area contributed by atoms with Gasteiger partial charge in [-0.05, 0) is 5.92 Å². The molecule has 0 bridgehead atoms. The maximum absolute atomic E-state index is 11.7. The summed E-state index contributed by atoms with van der Waals surface area (Å²) in [5.41, 5.74) is 1.74. The van der Waals surface area contributed by atoms with Crippen LogP contribution in [0.2, 0.25) is 0 Å². The third kappa shape index (κ3) is 2.89. The number of methoxy groups -OCH3 is 1. The molecule has 0 aliphatic heterocycles. The van der Waals surface area contributed by atoms with Crippen molar-refractivity contribution in [3.8, 4) is 0 Å². The van der Waals surface area contributed by atoms with Crippen molar-refractivity contribution < 1.29 is 9.53 Å². The standard InChI is InChI=1S/C10H15NO2S/c1-7(2)10(13-3)9(12)4-8-5-11-6-14-8/h5-7,10H,4H2,1-3H3. The van der Waals surface area contributed by atoms with Crippen molar-refractivity contribution in [2.75, 3.05) is 7.11 Å². The number of rotatable bonds is 5. The van der Waals surface area contributed by atoms with Crippen molar-refractivity contribution >= 4 is 17.1 Å². The first kappa shape index (κ1) is 11.3. The van der Waals surface area contributed by atoms with E-state index in [1.165, 1.54) is 11.3 Å². The topological polar surface area (TPSA) is 39.2 Å². The highest BCUT2D eigenvalue weighted by Crippen LogP contribution is 2.13. The van der Waals surface area contributed by atoms with Gasteiger partial charge >= 0.3 is 0 Å². The molecule has 1 aromatic rings. The van der Waals surface area contributed by atoms with E-state index < -0.39 is 0 Å². The van der Waals surface area contributed by atoms with Crippen LogP contribution in [0, 0.1) is 5.92 Å². The number of hydrogen-bond acceptors (Lipinski definition) is 4. The average Bonchev–Trinajstić information content (AvgIpc) is 2.57. The number of aromatic nitrogens is 1. The van der Waals surface area contributed by atoms with E-state index in [-0.39, 0.29) is 17.8 Å². The molecule has 0 radical (unpaired) electrons. The zero-order valence-electron chi connectivity index (χ0n) is 8.69. The third-order valence-corrected chi connectivity index (χ3v) is 2.79. The van der Waals surface area contributed by atoms with Gasteiger partial charge in [-0.3, -0.25) is 9.78 Å². The maximum Gasteiger partial charge on any atom is 0.167 e. The normalized spacial score (nSPS) is 13.1. The molecule has 0 aliphatic rings. The fourth-order valence-electron chi connectivity index (χ4n) is 1.38. The maximum atomic E-state index is 11.7. The second kappa shape index (κ2) is 5.22. The number of ether oxygens (including phenoxy) is 1. The molecule has 4 heteroatoms. The van der Waals surface area contributed by atoms with Gasteiger partial charge in [0, 0.05) is 24.6 Å². The number of thiazole rings is 1. The van der Waals surface area contributed by atoms with Crippen LogP contribution in [0.5, 0.6) is 0 Å². The van der Waals surface area contributed by atoms with Gasteiger partial charge in [-0.1, -0.05) is 13.8 Å². The van der Waals surface area contributed by atoms with E-state index in [4.69, 9.17) is 4.74 Å². The molecule has 1 heterocycles. The Balaban J connectivity index is 2.56. The molecule has 14 heavy (non-hydrogen) atoms. The summed E-state index contributed by atoms with van der Waals surface area (Å²) in [5, 5.41) is 0. The Labute approximate surface area is 88.1 Å². The Morgan fingerprint density at radius 1 is 1.64 bits per heavy atom. The molecule has 0 aliphatic carbocycles. The third-order valence-electron chi connectivity index (χ3n) is 2.01. The molecule has 1 unspecified atom stereocenters. The smallest absolute Gasteiger partial charge is 0.167 e. The highest BCUT2D eigenvalue weighted by Gasteiger charge is 2.21. The van der Waals surface area contributed by atoms with Crippen LogP contribution >= 0.6 is 11.3 Å². The number of hydrogen-bond donors (Lipinski definition) is 0. The van der Waals surface area contributed by atoms with Crippen LogP contribution in [-0.2, 0) is 16.0 Å². The van der Waals surface area contributed by atoms with Gasteiger partial charge in [0.2, 0.25) is 0 Å². The molecule has 3 nitrogen and oxygen atoms in total. The van der Waals surface area contributed by atoms with E-state index in [1.807, 2.05) is 13.8 Å². The molecule has 0 spiro atoms. The minimum Gasteiger partial charge on any atom is -0.373 e. The molecule has 0 saturated carbocycles. The molecule has 0 saturated heterocycles. The first-order valence-corrected chi connectivity index (χ1v) is 5.46. The summed E-state index contributed by atoms with van der Waals surface area (Å²) in [6.07, 6.45) is 1.87.